The molecule has 0 radical (unpaired) electrons. The van der Waals surface area contributed by atoms with Crippen LogP contribution in [-0.2, 0) is 4.79 Å². The zero-order valence-electron chi connectivity index (χ0n) is 11.3. The van der Waals surface area contributed by atoms with Gasteiger partial charge in [-0.05, 0) is 36.4 Å². The fraction of sp³-hybridized carbons (Fsp3) is 0.125. The lowest BCUT2D eigenvalue weighted by molar-refractivity contribution is -0.115. The van der Waals surface area contributed by atoms with Crippen molar-refractivity contribution in [2.75, 3.05) is 11.1 Å². The highest BCUT2D eigenvalue weighted by atomic mass is 32.2. The van der Waals surface area contributed by atoms with Crippen LogP contribution in [-0.4, -0.2) is 22.7 Å². The second kappa shape index (κ2) is 7.50. The van der Waals surface area contributed by atoms with Crippen molar-refractivity contribution in [3.63, 3.8) is 0 Å². The summed E-state index contributed by atoms with van der Waals surface area (Å²) in [5.74, 6) is -0.364. The van der Waals surface area contributed by atoms with Gasteiger partial charge in [0.1, 0.15) is 0 Å². The highest BCUT2D eigenvalue weighted by Gasteiger charge is 2.05. The zero-order valence-corrected chi connectivity index (χ0v) is 12.1. The Bertz CT molecular complexity index is 611. The van der Waals surface area contributed by atoms with E-state index in [1.807, 2.05) is 30.3 Å². The quantitative estimate of drug-likeness (QED) is 0.801. The summed E-state index contributed by atoms with van der Waals surface area (Å²) in [5, 5.41) is 11.5. The SMILES string of the molecule is O=C(CCSc1ccccc1)Nc1ccc(C(=O)O)cc1. The number of carbonyl (C=O) groups excluding carboxylic acids is 1. The van der Waals surface area contributed by atoms with Crippen LogP contribution in [0.25, 0.3) is 0 Å². The van der Waals surface area contributed by atoms with Gasteiger partial charge in [0.2, 0.25) is 5.91 Å². The standard InChI is InChI=1S/C16H15NO3S/c18-15(10-11-21-14-4-2-1-3-5-14)17-13-8-6-12(7-9-13)16(19)20/h1-9H,10-11H2,(H,17,18)(H,19,20). The number of hydrogen-bond donors (Lipinski definition) is 2. The van der Waals surface area contributed by atoms with Crippen LogP contribution in [0.15, 0.2) is 59.5 Å². The lowest BCUT2D eigenvalue weighted by atomic mass is 10.2. The minimum absolute atomic E-state index is 0.0819. The van der Waals surface area contributed by atoms with Gasteiger partial charge in [-0.25, -0.2) is 4.79 Å². The maximum Gasteiger partial charge on any atom is 0.335 e. The van der Waals surface area contributed by atoms with Crippen molar-refractivity contribution in [3.05, 3.63) is 60.2 Å². The Labute approximate surface area is 127 Å². The molecule has 2 N–H and O–H groups in total. The Morgan fingerprint density at radius 3 is 2.29 bits per heavy atom. The largest absolute Gasteiger partial charge is 0.478 e. The Hall–Kier alpha value is -2.27. The molecule has 5 heteroatoms. The molecule has 0 heterocycles. The van der Waals surface area contributed by atoms with Crippen molar-refractivity contribution in [1.29, 1.82) is 0 Å². The molecule has 0 fully saturated rings. The van der Waals surface area contributed by atoms with E-state index in [1.54, 1.807) is 23.9 Å². The summed E-state index contributed by atoms with van der Waals surface area (Å²) < 4.78 is 0. The van der Waals surface area contributed by atoms with E-state index in [9.17, 15) is 9.59 Å². The van der Waals surface area contributed by atoms with Crippen LogP contribution in [0.3, 0.4) is 0 Å². The minimum atomic E-state index is -0.980. The molecule has 0 bridgehead atoms. The Kier molecular flexibility index (Phi) is 5.40. The van der Waals surface area contributed by atoms with Crippen molar-refractivity contribution in [2.45, 2.75) is 11.3 Å². The summed E-state index contributed by atoms with van der Waals surface area (Å²) in [6, 6.07) is 16.0. The van der Waals surface area contributed by atoms with Gasteiger partial charge in [-0.1, -0.05) is 18.2 Å². The number of nitrogens with one attached hydrogen (secondary N) is 1. The number of carbonyl (C=O) groups is 2. The average molecular weight is 301 g/mol. The summed E-state index contributed by atoms with van der Waals surface area (Å²) in [6.07, 6.45) is 0.403. The highest BCUT2D eigenvalue weighted by Crippen LogP contribution is 2.18. The molecule has 2 rings (SSSR count). The third-order valence-corrected chi connectivity index (χ3v) is 3.77. The average Bonchev–Trinajstić information content (AvgIpc) is 2.49. The highest BCUT2D eigenvalue weighted by molar-refractivity contribution is 7.99. The van der Waals surface area contributed by atoms with E-state index >= 15 is 0 Å². The van der Waals surface area contributed by atoms with E-state index in [0.29, 0.717) is 17.9 Å². The number of amides is 1. The van der Waals surface area contributed by atoms with Crippen LogP contribution in [0.1, 0.15) is 16.8 Å². The molecule has 0 atom stereocenters. The van der Waals surface area contributed by atoms with Gasteiger partial charge < -0.3 is 10.4 Å². The first-order valence-electron chi connectivity index (χ1n) is 6.46. The van der Waals surface area contributed by atoms with Crippen molar-refractivity contribution < 1.29 is 14.7 Å². The summed E-state index contributed by atoms with van der Waals surface area (Å²) in [7, 11) is 0. The maximum atomic E-state index is 11.8. The van der Waals surface area contributed by atoms with Gasteiger partial charge in [0.25, 0.3) is 0 Å². The van der Waals surface area contributed by atoms with Crippen molar-refractivity contribution >= 4 is 29.3 Å². The summed E-state index contributed by atoms with van der Waals surface area (Å²) in [6.45, 7) is 0. The molecule has 4 nitrogen and oxygen atoms in total. The summed E-state index contributed by atoms with van der Waals surface area (Å²) >= 11 is 1.63. The third-order valence-electron chi connectivity index (χ3n) is 2.76. The van der Waals surface area contributed by atoms with Crippen LogP contribution in [0.2, 0.25) is 0 Å². The maximum absolute atomic E-state index is 11.8. The van der Waals surface area contributed by atoms with E-state index in [1.165, 1.54) is 12.1 Å². The monoisotopic (exact) mass is 301 g/mol. The zero-order chi connectivity index (χ0) is 15.1. The van der Waals surface area contributed by atoms with Gasteiger partial charge >= 0.3 is 5.97 Å². The van der Waals surface area contributed by atoms with Gasteiger partial charge in [-0.3, -0.25) is 4.79 Å². The second-order valence-corrected chi connectivity index (χ2v) is 5.51. The first-order valence-corrected chi connectivity index (χ1v) is 7.45. The first kappa shape index (κ1) is 15.1. The molecule has 0 saturated heterocycles. The van der Waals surface area contributed by atoms with E-state index in [4.69, 9.17) is 5.11 Å². The number of rotatable bonds is 6. The van der Waals surface area contributed by atoms with Gasteiger partial charge in [0.15, 0.2) is 0 Å². The number of thioether (sulfide) groups is 1. The van der Waals surface area contributed by atoms with E-state index < -0.39 is 5.97 Å². The minimum Gasteiger partial charge on any atom is -0.478 e. The predicted octanol–water partition coefficient (Wildman–Crippen LogP) is 3.51. The molecule has 0 saturated carbocycles. The Morgan fingerprint density at radius 2 is 1.67 bits per heavy atom. The molecule has 108 valence electrons. The van der Waals surface area contributed by atoms with Crippen LogP contribution < -0.4 is 5.32 Å². The molecule has 0 unspecified atom stereocenters. The molecular weight excluding hydrogens is 286 g/mol. The molecule has 21 heavy (non-hydrogen) atoms. The second-order valence-electron chi connectivity index (χ2n) is 4.34. The van der Waals surface area contributed by atoms with Crippen LogP contribution >= 0.6 is 11.8 Å². The van der Waals surface area contributed by atoms with Gasteiger partial charge in [0.05, 0.1) is 5.56 Å². The van der Waals surface area contributed by atoms with Gasteiger partial charge in [-0.15, -0.1) is 11.8 Å². The van der Waals surface area contributed by atoms with Crippen LogP contribution in [0, 0.1) is 0 Å². The van der Waals surface area contributed by atoms with E-state index in [0.717, 1.165) is 4.90 Å². The lowest BCUT2D eigenvalue weighted by Gasteiger charge is -2.05. The molecule has 0 aromatic heterocycles. The van der Waals surface area contributed by atoms with Crippen LogP contribution in [0.4, 0.5) is 5.69 Å². The lowest BCUT2D eigenvalue weighted by Crippen LogP contribution is -2.12. The summed E-state index contributed by atoms with van der Waals surface area (Å²) in [5.41, 5.74) is 0.808. The molecule has 0 spiro atoms. The number of benzene rings is 2. The van der Waals surface area contributed by atoms with Gasteiger partial charge in [0, 0.05) is 22.8 Å². The molecule has 2 aromatic rings. The summed E-state index contributed by atoms with van der Waals surface area (Å²) in [4.78, 5) is 23.6. The molecule has 0 aliphatic carbocycles. The first-order chi connectivity index (χ1) is 10.1. The number of anilines is 1. The molecule has 2 aromatic carbocycles. The molecule has 0 aliphatic rings. The van der Waals surface area contributed by atoms with E-state index in [-0.39, 0.29) is 11.5 Å². The number of carboxylic acids is 1. The number of hydrogen-bond acceptors (Lipinski definition) is 3. The number of aromatic carboxylic acids is 1. The molecular formula is C16H15NO3S. The topological polar surface area (TPSA) is 66.4 Å². The van der Waals surface area contributed by atoms with Gasteiger partial charge in [-0.2, -0.15) is 0 Å². The third kappa shape index (κ3) is 4.96. The van der Waals surface area contributed by atoms with Crippen molar-refractivity contribution in [3.8, 4) is 0 Å². The normalized spacial score (nSPS) is 10.1. The number of carboxylic acid groups (broad SMARTS) is 1. The van der Waals surface area contributed by atoms with E-state index in [2.05, 4.69) is 5.32 Å². The Balaban J connectivity index is 1.78. The Morgan fingerprint density at radius 1 is 1.00 bits per heavy atom. The van der Waals surface area contributed by atoms with Crippen LogP contribution in [0.5, 0.6) is 0 Å². The van der Waals surface area contributed by atoms with Crippen molar-refractivity contribution in [2.24, 2.45) is 0 Å². The van der Waals surface area contributed by atoms with Crippen molar-refractivity contribution in [1.82, 2.24) is 0 Å². The fourth-order valence-electron chi connectivity index (χ4n) is 1.70. The predicted molar refractivity (Wildman–Crippen MR) is 83.8 cm³/mol. The molecule has 1 amide bonds. The smallest absolute Gasteiger partial charge is 0.335 e. The fourth-order valence-corrected chi connectivity index (χ4v) is 2.57. The molecule has 0 aliphatic heterocycles.